The summed E-state index contributed by atoms with van der Waals surface area (Å²) in [5, 5.41) is 30.0. The first-order chi connectivity index (χ1) is 19.4. The predicted octanol–water partition coefficient (Wildman–Crippen LogP) is 5.59. The molecule has 3 aromatic carbocycles. The van der Waals surface area contributed by atoms with Crippen LogP contribution in [0.5, 0.6) is 0 Å². The highest BCUT2D eigenvalue weighted by molar-refractivity contribution is 6.31. The van der Waals surface area contributed by atoms with Gasteiger partial charge in [0.15, 0.2) is 6.20 Å². The van der Waals surface area contributed by atoms with E-state index in [9.17, 15) is 14.0 Å². The first kappa shape index (κ1) is 25.3. The number of pyridine rings is 1. The zero-order valence-electron chi connectivity index (χ0n) is 20.8. The minimum atomic E-state index is -0.524. The van der Waals surface area contributed by atoms with Crippen molar-refractivity contribution < 1.29 is 13.5 Å². The minimum Gasteiger partial charge on any atom is -0.618 e. The molecule has 0 saturated carbocycles. The van der Waals surface area contributed by atoms with Crippen LogP contribution in [0.3, 0.4) is 0 Å². The second-order valence-electron chi connectivity index (χ2n) is 9.15. The summed E-state index contributed by atoms with van der Waals surface area (Å²) >= 11 is 6.29. The Morgan fingerprint density at radius 3 is 2.30 bits per heavy atom. The summed E-state index contributed by atoms with van der Waals surface area (Å²) in [6.45, 7) is 0. The Kier molecular flexibility index (Phi) is 6.75. The third-order valence-electron chi connectivity index (χ3n) is 6.59. The molecule has 0 N–H and O–H groups in total. The number of hydrogen-bond acceptors (Lipinski definition) is 5. The number of nitrogens with zero attached hydrogens (tertiary/aromatic N) is 7. The van der Waals surface area contributed by atoms with E-state index in [0.29, 0.717) is 34.0 Å². The van der Waals surface area contributed by atoms with Crippen LogP contribution in [0.15, 0.2) is 104 Å². The molecule has 11 heteroatoms. The first-order valence-corrected chi connectivity index (χ1v) is 12.6. The number of aromatic nitrogens is 7. The van der Waals surface area contributed by atoms with Gasteiger partial charge in [-0.05, 0) is 70.1 Å². The van der Waals surface area contributed by atoms with E-state index in [4.69, 9.17) is 11.6 Å². The molecule has 0 saturated heterocycles. The lowest BCUT2D eigenvalue weighted by Crippen LogP contribution is -2.36. The summed E-state index contributed by atoms with van der Waals surface area (Å²) in [5.41, 5.74) is 4.74. The summed E-state index contributed by atoms with van der Waals surface area (Å²) in [7, 11) is 0. The van der Waals surface area contributed by atoms with Crippen LogP contribution >= 0.6 is 11.6 Å². The van der Waals surface area contributed by atoms with Crippen LogP contribution in [-0.4, -0.2) is 30.0 Å². The number of hydrogen-bond donors (Lipinski definition) is 0. The monoisotopic (exact) mass is 555 g/mol. The molecule has 198 valence electrons. The molecule has 0 bridgehead atoms. The van der Waals surface area contributed by atoms with E-state index < -0.39 is 6.04 Å². The van der Waals surface area contributed by atoms with Crippen molar-refractivity contribution in [2.24, 2.45) is 0 Å². The molecule has 1 unspecified atom stereocenters. The fourth-order valence-electron chi connectivity index (χ4n) is 4.60. The Balaban J connectivity index is 1.41. The second kappa shape index (κ2) is 10.7. The number of halogens is 3. The van der Waals surface area contributed by atoms with Crippen molar-refractivity contribution in [1.29, 1.82) is 0 Å². The van der Waals surface area contributed by atoms with E-state index >= 15 is 0 Å². The quantitative estimate of drug-likeness (QED) is 0.189. The van der Waals surface area contributed by atoms with E-state index in [1.54, 1.807) is 59.4 Å². The number of benzene rings is 3. The van der Waals surface area contributed by atoms with Gasteiger partial charge in [-0.2, -0.15) is 14.5 Å². The zero-order chi connectivity index (χ0) is 27.6. The summed E-state index contributed by atoms with van der Waals surface area (Å²) in [6.07, 6.45) is 6.78. The molecule has 1 atom stereocenters. The minimum absolute atomic E-state index is 0.333. The summed E-state index contributed by atoms with van der Waals surface area (Å²) < 4.78 is 31.0. The van der Waals surface area contributed by atoms with Gasteiger partial charge in [-0.15, -0.1) is 5.10 Å². The van der Waals surface area contributed by atoms with E-state index in [1.807, 2.05) is 12.3 Å². The molecule has 8 nitrogen and oxygen atoms in total. The molecule has 40 heavy (non-hydrogen) atoms. The highest BCUT2D eigenvalue weighted by Gasteiger charge is 2.25. The van der Waals surface area contributed by atoms with Crippen LogP contribution in [0.1, 0.15) is 17.3 Å². The van der Waals surface area contributed by atoms with E-state index in [2.05, 4.69) is 20.6 Å². The van der Waals surface area contributed by atoms with Crippen molar-refractivity contribution in [3.05, 3.63) is 137 Å². The van der Waals surface area contributed by atoms with Crippen molar-refractivity contribution in [3.63, 3.8) is 0 Å². The maximum atomic E-state index is 13.6. The van der Waals surface area contributed by atoms with Crippen LogP contribution in [-0.2, 0) is 6.42 Å². The molecular weight excluding hydrogens is 536 g/mol. The standard InChI is InChI=1S/C29H20ClF2N7O/c30-23-6-12-27(38-18-33-35-36-38)26(14-23)21-5-11-28(39(40)17-21)29(13-19-1-7-24(31)8-2-19)37-16-22(15-34-37)20-3-9-25(32)10-4-20/h1-12,14-18,29H,13H2. The van der Waals surface area contributed by atoms with Gasteiger partial charge in [0.25, 0.3) is 0 Å². The van der Waals surface area contributed by atoms with Crippen molar-refractivity contribution >= 4 is 11.6 Å². The largest absolute Gasteiger partial charge is 0.618 e. The molecule has 0 spiro atoms. The Morgan fingerprint density at radius 2 is 1.60 bits per heavy atom. The first-order valence-electron chi connectivity index (χ1n) is 12.3. The van der Waals surface area contributed by atoms with Gasteiger partial charge in [-0.3, -0.25) is 4.68 Å². The molecule has 0 aliphatic rings. The predicted molar refractivity (Wildman–Crippen MR) is 144 cm³/mol. The van der Waals surface area contributed by atoms with Crippen LogP contribution < -0.4 is 4.73 Å². The molecule has 0 amide bonds. The molecule has 3 heterocycles. The SMILES string of the molecule is [O-][n+]1cc(-c2cc(Cl)ccc2-n2cnnn2)ccc1C(Cc1ccc(F)cc1)n1cc(-c2ccc(F)cc2)cn1. The van der Waals surface area contributed by atoms with E-state index in [0.717, 1.165) is 21.4 Å². The van der Waals surface area contributed by atoms with Gasteiger partial charge in [0, 0.05) is 40.4 Å². The van der Waals surface area contributed by atoms with Crippen molar-refractivity contribution in [2.75, 3.05) is 0 Å². The summed E-state index contributed by atoms with van der Waals surface area (Å²) in [4.78, 5) is 0. The second-order valence-corrected chi connectivity index (χ2v) is 9.58. The van der Waals surface area contributed by atoms with Gasteiger partial charge in [-0.25, -0.2) is 8.78 Å². The number of tetrazole rings is 1. The van der Waals surface area contributed by atoms with Crippen molar-refractivity contribution in [3.8, 4) is 27.9 Å². The lowest BCUT2D eigenvalue weighted by molar-refractivity contribution is -0.615. The van der Waals surface area contributed by atoms with E-state index in [-0.39, 0.29) is 11.6 Å². The van der Waals surface area contributed by atoms with Crippen LogP contribution in [0.25, 0.3) is 27.9 Å². The van der Waals surface area contributed by atoms with Gasteiger partial charge < -0.3 is 5.21 Å². The van der Waals surface area contributed by atoms with Crippen LogP contribution in [0.4, 0.5) is 8.78 Å². The van der Waals surface area contributed by atoms with Crippen molar-refractivity contribution in [2.45, 2.75) is 12.5 Å². The molecule has 3 aromatic heterocycles. The fourth-order valence-corrected chi connectivity index (χ4v) is 4.77. The van der Waals surface area contributed by atoms with E-state index in [1.165, 1.54) is 41.5 Å². The normalized spacial score (nSPS) is 12.0. The van der Waals surface area contributed by atoms with Gasteiger partial charge >= 0.3 is 0 Å². The smallest absolute Gasteiger partial charge is 0.217 e. The van der Waals surface area contributed by atoms with Crippen LogP contribution in [0, 0.1) is 16.8 Å². The van der Waals surface area contributed by atoms with Gasteiger partial charge in [0.05, 0.1) is 11.9 Å². The molecule has 0 fully saturated rings. The van der Waals surface area contributed by atoms with Gasteiger partial charge in [-0.1, -0.05) is 35.9 Å². The highest BCUT2D eigenvalue weighted by atomic mass is 35.5. The third kappa shape index (κ3) is 5.16. The molecular formula is C29H20ClF2N7O. The average molecular weight is 556 g/mol. The van der Waals surface area contributed by atoms with Gasteiger partial charge in [0.1, 0.15) is 24.0 Å². The average Bonchev–Trinajstić information content (AvgIpc) is 3.67. The molecule has 0 aliphatic heterocycles. The topological polar surface area (TPSA) is 88.4 Å². The highest BCUT2D eigenvalue weighted by Crippen LogP contribution is 2.30. The van der Waals surface area contributed by atoms with Crippen LogP contribution in [0.2, 0.25) is 5.02 Å². The maximum Gasteiger partial charge on any atom is 0.217 e. The molecule has 6 rings (SSSR count). The fraction of sp³-hybridized carbons (Fsp3) is 0.0690. The Labute approximate surface area is 232 Å². The lowest BCUT2D eigenvalue weighted by Gasteiger charge is -2.18. The molecule has 0 radical (unpaired) electrons. The molecule has 6 aromatic rings. The Morgan fingerprint density at radius 1 is 0.875 bits per heavy atom. The third-order valence-corrected chi connectivity index (χ3v) is 6.83. The summed E-state index contributed by atoms with van der Waals surface area (Å²) in [6, 6.07) is 20.5. The number of rotatable bonds is 7. The zero-order valence-corrected chi connectivity index (χ0v) is 21.5. The maximum absolute atomic E-state index is 13.6. The lowest BCUT2D eigenvalue weighted by atomic mass is 10.0. The van der Waals surface area contributed by atoms with Gasteiger partial charge in [0.2, 0.25) is 5.69 Å². The Hall–Kier alpha value is -4.96. The Bertz CT molecular complexity index is 1770. The summed E-state index contributed by atoms with van der Waals surface area (Å²) in [5.74, 6) is -0.679. The van der Waals surface area contributed by atoms with Crippen molar-refractivity contribution in [1.82, 2.24) is 30.0 Å². The molecule has 0 aliphatic carbocycles.